The number of carbonyl (C=O) groups excluding carboxylic acids is 1. The number of rotatable bonds is 3. The van der Waals surface area contributed by atoms with E-state index in [-0.39, 0.29) is 5.91 Å². The van der Waals surface area contributed by atoms with E-state index in [1.807, 2.05) is 30.1 Å². The van der Waals surface area contributed by atoms with E-state index in [0.29, 0.717) is 24.5 Å². The number of hydrogen-bond donors (Lipinski definition) is 1. The predicted molar refractivity (Wildman–Crippen MR) is 73.7 cm³/mol. The number of amides is 1. The molecule has 3 heterocycles. The van der Waals surface area contributed by atoms with Gasteiger partial charge in [-0.25, -0.2) is 0 Å². The third kappa shape index (κ3) is 2.78. The van der Waals surface area contributed by atoms with Crippen molar-refractivity contribution in [3.63, 3.8) is 0 Å². The molecule has 2 aliphatic heterocycles. The minimum atomic E-state index is 0.185. The van der Waals surface area contributed by atoms with E-state index in [2.05, 4.69) is 10.3 Å². The number of nitrogens with one attached hydrogen (secondary N) is 1. The van der Waals surface area contributed by atoms with Crippen molar-refractivity contribution in [2.24, 2.45) is 0 Å². The van der Waals surface area contributed by atoms with Gasteiger partial charge < -0.3 is 10.2 Å². The average Bonchev–Trinajstić information content (AvgIpc) is 2.77. The van der Waals surface area contributed by atoms with Crippen molar-refractivity contribution < 1.29 is 4.79 Å². The normalized spacial score (nSPS) is 29.2. The second kappa shape index (κ2) is 5.29. The first-order chi connectivity index (χ1) is 9.22. The Hall–Kier alpha value is -1.42. The van der Waals surface area contributed by atoms with Gasteiger partial charge in [-0.15, -0.1) is 0 Å². The van der Waals surface area contributed by atoms with Crippen LogP contribution in [0.25, 0.3) is 0 Å². The van der Waals surface area contributed by atoms with Crippen molar-refractivity contribution in [2.75, 3.05) is 7.05 Å². The fraction of sp³-hybridized carbons (Fsp3) is 0.600. The summed E-state index contributed by atoms with van der Waals surface area (Å²) in [5.41, 5.74) is 0.858. The van der Waals surface area contributed by atoms with Crippen LogP contribution in [-0.4, -0.2) is 41.0 Å². The van der Waals surface area contributed by atoms with Crippen LogP contribution in [0.15, 0.2) is 24.4 Å². The molecule has 1 aromatic rings. The second-order valence-corrected chi connectivity index (χ2v) is 5.77. The number of pyridine rings is 1. The topological polar surface area (TPSA) is 45.2 Å². The number of fused-ring (bicyclic) bond motifs is 2. The zero-order valence-corrected chi connectivity index (χ0v) is 11.4. The van der Waals surface area contributed by atoms with E-state index in [0.717, 1.165) is 18.5 Å². The number of nitrogens with zero attached hydrogens (tertiary/aromatic N) is 2. The first kappa shape index (κ1) is 12.6. The van der Waals surface area contributed by atoms with E-state index in [9.17, 15) is 4.79 Å². The van der Waals surface area contributed by atoms with Gasteiger partial charge in [-0.05, 0) is 37.8 Å². The molecule has 2 saturated heterocycles. The molecule has 3 rings (SSSR count). The lowest BCUT2D eigenvalue weighted by molar-refractivity contribution is -0.132. The van der Waals surface area contributed by atoms with E-state index < -0.39 is 0 Å². The largest absolute Gasteiger partial charge is 0.342 e. The van der Waals surface area contributed by atoms with E-state index in [1.165, 1.54) is 12.8 Å². The highest BCUT2D eigenvalue weighted by atomic mass is 16.2. The molecule has 0 aliphatic carbocycles. The zero-order chi connectivity index (χ0) is 13.2. The van der Waals surface area contributed by atoms with Gasteiger partial charge in [0.2, 0.25) is 5.91 Å². The molecule has 0 saturated carbocycles. The third-order valence-corrected chi connectivity index (χ3v) is 4.45. The maximum absolute atomic E-state index is 12.3. The molecule has 1 amide bonds. The molecule has 102 valence electrons. The molecule has 2 unspecified atom stereocenters. The summed E-state index contributed by atoms with van der Waals surface area (Å²) in [5, 5.41) is 3.61. The average molecular weight is 259 g/mol. The molecule has 19 heavy (non-hydrogen) atoms. The Morgan fingerprint density at radius 2 is 2.11 bits per heavy atom. The van der Waals surface area contributed by atoms with Gasteiger partial charge in [0.15, 0.2) is 0 Å². The highest BCUT2D eigenvalue weighted by Crippen LogP contribution is 2.29. The van der Waals surface area contributed by atoms with E-state index in [4.69, 9.17) is 0 Å². The molecule has 0 aromatic carbocycles. The van der Waals surface area contributed by atoms with Crippen LogP contribution in [0.5, 0.6) is 0 Å². The zero-order valence-electron chi connectivity index (χ0n) is 11.4. The summed E-state index contributed by atoms with van der Waals surface area (Å²) in [6.45, 7) is 0. The van der Waals surface area contributed by atoms with Gasteiger partial charge in [0.05, 0.1) is 6.42 Å². The summed E-state index contributed by atoms with van der Waals surface area (Å²) in [4.78, 5) is 18.5. The Bertz CT molecular complexity index is 436. The quantitative estimate of drug-likeness (QED) is 0.891. The molecule has 2 aliphatic rings. The Morgan fingerprint density at radius 3 is 2.74 bits per heavy atom. The fourth-order valence-electron chi connectivity index (χ4n) is 3.33. The molecule has 1 aromatic heterocycles. The van der Waals surface area contributed by atoms with E-state index in [1.54, 1.807) is 6.20 Å². The van der Waals surface area contributed by atoms with Crippen LogP contribution < -0.4 is 5.32 Å². The van der Waals surface area contributed by atoms with Gasteiger partial charge in [0.1, 0.15) is 0 Å². The summed E-state index contributed by atoms with van der Waals surface area (Å²) in [6.07, 6.45) is 6.89. The lowest BCUT2D eigenvalue weighted by Crippen LogP contribution is -2.49. The Balaban J connectivity index is 1.60. The summed E-state index contributed by atoms with van der Waals surface area (Å²) in [5.74, 6) is 0.185. The molecule has 4 heteroatoms. The van der Waals surface area contributed by atoms with Gasteiger partial charge in [-0.3, -0.25) is 9.78 Å². The van der Waals surface area contributed by atoms with Crippen molar-refractivity contribution in [2.45, 2.75) is 50.2 Å². The molecule has 2 atom stereocenters. The minimum Gasteiger partial charge on any atom is -0.342 e. The standard InChI is InChI=1S/C15H21N3O/c1-18(14-8-12-5-6-13(9-14)17-12)15(19)10-11-4-2-3-7-16-11/h2-4,7,12-14,17H,5-6,8-10H2,1H3. The van der Waals surface area contributed by atoms with Crippen LogP contribution in [0.4, 0.5) is 0 Å². The highest BCUT2D eigenvalue weighted by molar-refractivity contribution is 5.78. The number of likely N-dealkylation sites (N-methyl/N-ethyl adjacent to an activating group) is 1. The van der Waals surface area contributed by atoms with Crippen LogP contribution in [-0.2, 0) is 11.2 Å². The molecular weight excluding hydrogens is 238 g/mol. The van der Waals surface area contributed by atoms with Gasteiger partial charge in [-0.1, -0.05) is 6.07 Å². The van der Waals surface area contributed by atoms with Crippen LogP contribution in [0.2, 0.25) is 0 Å². The van der Waals surface area contributed by atoms with Crippen molar-refractivity contribution >= 4 is 5.91 Å². The second-order valence-electron chi connectivity index (χ2n) is 5.77. The van der Waals surface area contributed by atoms with Gasteiger partial charge in [0.25, 0.3) is 0 Å². The first-order valence-electron chi connectivity index (χ1n) is 7.14. The molecule has 4 nitrogen and oxygen atoms in total. The number of carbonyl (C=O) groups is 1. The monoisotopic (exact) mass is 259 g/mol. The van der Waals surface area contributed by atoms with Gasteiger partial charge >= 0.3 is 0 Å². The molecule has 2 fully saturated rings. The number of hydrogen-bond acceptors (Lipinski definition) is 3. The summed E-state index contributed by atoms with van der Waals surface area (Å²) in [7, 11) is 1.95. The molecule has 2 bridgehead atoms. The molecule has 1 N–H and O–H groups in total. The predicted octanol–water partition coefficient (Wildman–Crippen LogP) is 1.37. The Labute approximate surface area is 114 Å². The Kier molecular flexibility index (Phi) is 3.51. The lowest BCUT2D eigenvalue weighted by atomic mass is 9.98. The summed E-state index contributed by atoms with van der Waals surface area (Å²) < 4.78 is 0. The van der Waals surface area contributed by atoms with Crippen molar-refractivity contribution in [1.82, 2.24) is 15.2 Å². The van der Waals surface area contributed by atoms with Crippen LogP contribution in [0.3, 0.4) is 0 Å². The third-order valence-electron chi connectivity index (χ3n) is 4.45. The van der Waals surface area contributed by atoms with Gasteiger partial charge in [-0.2, -0.15) is 0 Å². The molecule has 0 radical (unpaired) electrons. The van der Waals surface area contributed by atoms with Crippen molar-refractivity contribution in [3.05, 3.63) is 30.1 Å². The maximum Gasteiger partial charge on any atom is 0.228 e. The SMILES string of the molecule is CN(C(=O)Cc1ccccn1)C1CC2CCC(C1)N2. The fourth-order valence-corrected chi connectivity index (χ4v) is 3.33. The molecular formula is C15H21N3O. The minimum absolute atomic E-state index is 0.185. The number of aromatic nitrogens is 1. The van der Waals surface area contributed by atoms with Gasteiger partial charge in [0, 0.05) is 37.1 Å². The lowest BCUT2D eigenvalue weighted by Gasteiger charge is -2.35. The molecule has 0 spiro atoms. The van der Waals surface area contributed by atoms with Crippen molar-refractivity contribution in [1.29, 1.82) is 0 Å². The first-order valence-corrected chi connectivity index (χ1v) is 7.14. The highest BCUT2D eigenvalue weighted by Gasteiger charge is 2.36. The maximum atomic E-state index is 12.3. The van der Waals surface area contributed by atoms with E-state index >= 15 is 0 Å². The summed E-state index contributed by atoms with van der Waals surface area (Å²) in [6, 6.07) is 7.36. The Morgan fingerprint density at radius 1 is 1.37 bits per heavy atom. The van der Waals surface area contributed by atoms with Crippen molar-refractivity contribution in [3.8, 4) is 0 Å². The van der Waals surface area contributed by atoms with Crippen LogP contribution in [0.1, 0.15) is 31.4 Å². The van der Waals surface area contributed by atoms with Crippen LogP contribution >= 0.6 is 0 Å². The smallest absolute Gasteiger partial charge is 0.228 e. The van der Waals surface area contributed by atoms with Crippen LogP contribution in [0, 0.1) is 0 Å². The number of piperidine rings is 1. The summed E-state index contributed by atoms with van der Waals surface area (Å²) >= 11 is 0.